The Balaban J connectivity index is 1.69. The lowest BCUT2D eigenvalue weighted by Crippen LogP contribution is -2.40. The number of nitro benzene ring substituents is 1. The number of carbonyl (C=O) groups excluding carboxylic acids is 2. The molecule has 0 aliphatic rings. The first kappa shape index (κ1) is 28.2. The number of nitrogens with zero attached hydrogens (tertiary/aromatic N) is 4. The smallest absolute Gasteiger partial charge is 0.273 e. The molecule has 1 heterocycles. The van der Waals surface area contributed by atoms with E-state index in [1.165, 1.54) is 11.0 Å². The minimum absolute atomic E-state index is 0.0670. The van der Waals surface area contributed by atoms with E-state index >= 15 is 0 Å². The topological polar surface area (TPSA) is 110 Å². The molecule has 0 aliphatic carbocycles. The van der Waals surface area contributed by atoms with Gasteiger partial charge in [0, 0.05) is 29.3 Å². The highest BCUT2D eigenvalue weighted by molar-refractivity contribution is 6.01. The summed E-state index contributed by atoms with van der Waals surface area (Å²) in [5, 5.41) is 19.2. The first-order valence-corrected chi connectivity index (χ1v) is 13.1. The van der Waals surface area contributed by atoms with Crippen molar-refractivity contribution in [1.29, 1.82) is 0 Å². The molecule has 0 saturated heterocycles. The number of hydrogen-bond donors (Lipinski definition) is 1. The Bertz CT molecular complexity index is 1540. The molecule has 4 aromatic rings. The van der Waals surface area contributed by atoms with Gasteiger partial charge < -0.3 is 10.2 Å². The van der Waals surface area contributed by atoms with Crippen LogP contribution in [0.4, 0.5) is 11.5 Å². The van der Waals surface area contributed by atoms with Crippen molar-refractivity contribution in [2.45, 2.75) is 34.6 Å². The van der Waals surface area contributed by atoms with E-state index in [1.54, 1.807) is 23.7 Å². The van der Waals surface area contributed by atoms with Crippen molar-refractivity contribution >= 4 is 23.3 Å². The number of rotatable bonds is 9. The lowest BCUT2D eigenvalue weighted by atomic mass is 10.1. The molecular weight excluding hydrogens is 506 g/mol. The maximum atomic E-state index is 13.5. The molecule has 2 amide bonds. The van der Waals surface area contributed by atoms with Crippen LogP contribution in [0.5, 0.6) is 0 Å². The van der Waals surface area contributed by atoms with Crippen molar-refractivity contribution in [3.05, 3.63) is 105 Å². The Kier molecular flexibility index (Phi) is 8.43. The van der Waals surface area contributed by atoms with Crippen molar-refractivity contribution in [1.82, 2.24) is 14.7 Å². The SMILES string of the molecule is Cc1ccc(-n2nc(C)c(-c3ccccc3)c2NC(=O)CN(CC(C)C)C(=O)c2ccc(C)c([N+](=O)[O-])c2)cc1. The van der Waals surface area contributed by atoms with E-state index in [0.717, 1.165) is 28.1 Å². The van der Waals surface area contributed by atoms with Gasteiger partial charge in [0.15, 0.2) is 0 Å². The Morgan fingerprint density at radius 3 is 2.30 bits per heavy atom. The number of anilines is 1. The number of aromatic nitrogens is 2. The van der Waals surface area contributed by atoms with Gasteiger partial charge in [0.05, 0.1) is 16.3 Å². The van der Waals surface area contributed by atoms with E-state index in [-0.39, 0.29) is 23.7 Å². The third-order valence-corrected chi connectivity index (χ3v) is 6.52. The summed E-state index contributed by atoms with van der Waals surface area (Å²) in [7, 11) is 0. The van der Waals surface area contributed by atoms with Crippen LogP contribution in [-0.4, -0.2) is 44.5 Å². The average Bonchev–Trinajstić information content (AvgIpc) is 3.23. The number of amides is 2. The molecule has 0 unspecified atom stereocenters. The second-order valence-corrected chi connectivity index (χ2v) is 10.3. The molecule has 9 heteroatoms. The minimum atomic E-state index is -0.509. The van der Waals surface area contributed by atoms with Crippen LogP contribution in [0.3, 0.4) is 0 Å². The molecule has 0 fully saturated rings. The van der Waals surface area contributed by atoms with E-state index in [0.29, 0.717) is 17.9 Å². The second kappa shape index (κ2) is 11.9. The molecule has 0 radical (unpaired) electrons. The van der Waals surface area contributed by atoms with Crippen LogP contribution in [-0.2, 0) is 4.79 Å². The van der Waals surface area contributed by atoms with Crippen LogP contribution in [0.15, 0.2) is 72.8 Å². The van der Waals surface area contributed by atoms with Crippen molar-refractivity contribution in [2.24, 2.45) is 5.92 Å². The first-order chi connectivity index (χ1) is 19.0. The van der Waals surface area contributed by atoms with E-state index in [2.05, 4.69) is 5.32 Å². The molecule has 1 aromatic heterocycles. The zero-order valence-electron chi connectivity index (χ0n) is 23.3. The van der Waals surface area contributed by atoms with Crippen LogP contribution in [0, 0.1) is 36.8 Å². The summed E-state index contributed by atoms with van der Waals surface area (Å²) >= 11 is 0. The van der Waals surface area contributed by atoms with Gasteiger partial charge in [-0.1, -0.05) is 67.9 Å². The fourth-order valence-electron chi connectivity index (χ4n) is 4.59. The quantitative estimate of drug-likeness (QED) is 0.204. The van der Waals surface area contributed by atoms with Crippen LogP contribution in [0.1, 0.15) is 41.0 Å². The largest absolute Gasteiger partial charge is 0.329 e. The van der Waals surface area contributed by atoms with Gasteiger partial charge in [-0.05, 0) is 50.5 Å². The molecular formula is C31H33N5O4. The van der Waals surface area contributed by atoms with Crippen molar-refractivity contribution in [2.75, 3.05) is 18.4 Å². The van der Waals surface area contributed by atoms with Crippen LogP contribution >= 0.6 is 0 Å². The standard InChI is InChI=1S/C31H33N5O4/c1-20(2)18-34(31(38)25-14-13-22(4)27(17-25)36(39)40)19-28(37)32-30-29(24-9-7-6-8-10-24)23(5)33-35(30)26-15-11-21(3)12-16-26/h6-17,20H,18-19H2,1-5H3,(H,32,37). The highest BCUT2D eigenvalue weighted by atomic mass is 16.6. The molecule has 206 valence electrons. The minimum Gasteiger partial charge on any atom is -0.329 e. The molecule has 0 spiro atoms. The summed E-state index contributed by atoms with van der Waals surface area (Å²) < 4.78 is 1.70. The zero-order chi connectivity index (χ0) is 29.0. The van der Waals surface area contributed by atoms with Crippen molar-refractivity contribution < 1.29 is 14.5 Å². The van der Waals surface area contributed by atoms with Gasteiger partial charge in [-0.15, -0.1) is 0 Å². The number of hydrogen-bond acceptors (Lipinski definition) is 5. The summed E-state index contributed by atoms with van der Waals surface area (Å²) in [5.74, 6) is -0.280. The Hall–Kier alpha value is -4.79. The maximum absolute atomic E-state index is 13.5. The van der Waals surface area contributed by atoms with Crippen molar-refractivity contribution in [3.63, 3.8) is 0 Å². The van der Waals surface area contributed by atoms with Crippen LogP contribution < -0.4 is 5.32 Å². The molecule has 3 aromatic carbocycles. The van der Waals surface area contributed by atoms with Gasteiger partial charge in [0.2, 0.25) is 5.91 Å². The Morgan fingerprint density at radius 1 is 1.00 bits per heavy atom. The average molecular weight is 540 g/mol. The predicted molar refractivity (Wildman–Crippen MR) is 156 cm³/mol. The van der Waals surface area contributed by atoms with Gasteiger partial charge in [-0.2, -0.15) is 5.10 Å². The second-order valence-electron chi connectivity index (χ2n) is 10.3. The fourth-order valence-corrected chi connectivity index (χ4v) is 4.59. The molecule has 40 heavy (non-hydrogen) atoms. The number of aryl methyl sites for hydroxylation is 3. The lowest BCUT2D eigenvalue weighted by molar-refractivity contribution is -0.385. The fraction of sp³-hybridized carbons (Fsp3) is 0.258. The third-order valence-electron chi connectivity index (χ3n) is 6.52. The van der Waals surface area contributed by atoms with Gasteiger partial charge in [-0.3, -0.25) is 19.7 Å². The molecule has 9 nitrogen and oxygen atoms in total. The van der Waals surface area contributed by atoms with Crippen LogP contribution in [0.25, 0.3) is 16.8 Å². The number of benzene rings is 3. The summed E-state index contributed by atoms with van der Waals surface area (Å²) in [6.07, 6.45) is 0. The summed E-state index contributed by atoms with van der Waals surface area (Å²) in [5.41, 5.74) is 4.79. The predicted octanol–water partition coefficient (Wildman–Crippen LogP) is 6.11. The van der Waals surface area contributed by atoms with Gasteiger partial charge >= 0.3 is 0 Å². The van der Waals surface area contributed by atoms with Crippen LogP contribution in [0.2, 0.25) is 0 Å². The molecule has 0 aliphatic heterocycles. The normalized spacial score (nSPS) is 10.9. The number of nitro groups is 1. The zero-order valence-corrected chi connectivity index (χ0v) is 23.3. The third kappa shape index (κ3) is 6.26. The monoisotopic (exact) mass is 539 g/mol. The molecule has 0 atom stereocenters. The summed E-state index contributed by atoms with van der Waals surface area (Å²) in [6.45, 7) is 9.47. The van der Waals surface area contributed by atoms with E-state index < -0.39 is 16.7 Å². The van der Waals surface area contributed by atoms with E-state index in [4.69, 9.17) is 5.10 Å². The summed E-state index contributed by atoms with van der Waals surface area (Å²) in [6, 6.07) is 21.9. The number of carbonyl (C=O) groups is 2. The lowest BCUT2D eigenvalue weighted by Gasteiger charge is -2.24. The first-order valence-electron chi connectivity index (χ1n) is 13.1. The van der Waals surface area contributed by atoms with Gasteiger partial charge in [0.1, 0.15) is 12.4 Å². The maximum Gasteiger partial charge on any atom is 0.273 e. The number of nitrogens with one attached hydrogen (secondary N) is 1. The summed E-state index contributed by atoms with van der Waals surface area (Å²) in [4.78, 5) is 39.4. The Morgan fingerprint density at radius 2 is 1.68 bits per heavy atom. The van der Waals surface area contributed by atoms with Crippen molar-refractivity contribution in [3.8, 4) is 16.8 Å². The molecule has 4 rings (SSSR count). The highest BCUT2D eigenvalue weighted by Crippen LogP contribution is 2.33. The van der Waals surface area contributed by atoms with E-state index in [9.17, 15) is 19.7 Å². The Labute approximate surface area is 233 Å². The van der Waals surface area contributed by atoms with Gasteiger partial charge in [-0.25, -0.2) is 4.68 Å². The molecule has 1 N–H and O–H groups in total. The van der Waals surface area contributed by atoms with Gasteiger partial charge in [0.25, 0.3) is 11.6 Å². The molecule has 0 saturated carbocycles. The van der Waals surface area contributed by atoms with E-state index in [1.807, 2.05) is 82.3 Å². The highest BCUT2D eigenvalue weighted by Gasteiger charge is 2.25. The molecule has 0 bridgehead atoms.